The second kappa shape index (κ2) is 9.75. The first-order valence-electron chi connectivity index (χ1n) is 11.4. The molecular formula is C27H18F3N3O4S. The first-order valence-corrected chi connectivity index (χ1v) is 12.2. The van der Waals surface area contributed by atoms with Crippen LogP contribution in [0, 0.1) is 0 Å². The largest absolute Gasteiger partial charge is 0.461 e. The molecule has 1 N–H and O–H groups in total. The zero-order valence-corrected chi connectivity index (χ0v) is 20.5. The van der Waals surface area contributed by atoms with Crippen LogP contribution in [-0.4, -0.2) is 28.3 Å². The number of halogens is 3. The molecule has 1 amide bonds. The number of benzene rings is 3. The smallest absolute Gasteiger partial charge is 0.416 e. The molecule has 0 aliphatic rings. The van der Waals surface area contributed by atoms with E-state index in [0.29, 0.717) is 5.56 Å². The molecule has 0 spiro atoms. The average molecular weight is 538 g/mol. The third-order valence-corrected chi connectivity index (χ3v) is 6.69. The minimum Gasteiger partial charge on any atom is -0.461 e. The highest BCUT2D eigenvalue weighted by Gasteiger charge is 2.30. The highest BCUT2D eigenvalue weighted by Crippen LogP contribution is 2.32. The van der Waals surface area contributed by atoms with Crippen molar-refractivity contribution < 1.29 is 27.5 Å². The van der Waals surface area contributed by atoms with E-state index in [0.717, 1.165) is 51.1 Å². The van der Waals surface area contributed by atoms with Crippen LogP contribution in [-0.2, 0) is 10.9 Å². The molecule has 0 aliphatic carbocycles. The summed E-state index contributed by atoms with van der Waals surface area (Å²) in [7, 11) is 0. The van der Waals surface area contributed by atoms with Gasteiger partial charge in [-0.15, -0.1) is 11.3 Å². The number of carbonyl (C=O) groups is 2. The second-order valence-electron chi connectivity index (χ2n) is 8.20. The number of ether oxygens (including phenoxy) is 1. The van der Waals surface area contributed by atoms with Crippen LogP contribution in [0.25, 0.3) is 27.2 Å². The third kappa shape index (κ3) is 4.63. The summed E-state index contributed by atoms with van der Waals surface area (Å²) in [6.45, 7) is 1.64. The molecule has 0 radical (unpaired) electrons. The van der Waals surface area contributed by atoms with Gasteiger partial charge in [-0.2, -0.15) is 23.0 Å². The fourth-order valence-electron chi connectivity index (χ4n) is 3.96. The maximum atomic E-state index is 13.5. The number of fused-ring (bicyclic) bond motifs is 2. The molecule has 2 aromatic heterocycles. The molecule has 0 aliphatic heterocycles. The quantitative estimate of drug-likeness (QED) is 0.276. The van der Waals surface area contributed by atoms with Gasteiger partial charge in [0.05, 0.1) is 23.2 Å². The zero-order chi connectivity index (χ0) is 27.0. The summed E-state index contributed by atoms with van der Waals surface area (Å²) in [4.78, 5) is 39.3. The molecule has 7 nitrogen and oxygen atoms in total. The first kappa shape index (κ1) is 25.2. The average Bonchev–Trinajstić information content (AvgIpc) is 3.32. The van der Waals surface area contributed by atoms with Crippen LogP contribution in [0.1, 0.15) is 33.3 Å². The summed E-state index contributed by atoms with van der Waals surface area (Å²) in [5.41, 5.74) is -1.46. The summed E-state index contributed by atoms with van der Waals surface area (Å²) >= 11 is 1.02. The number of nitrogens with one attached hydrogen (secondary N) is 1. The number of carbonyl (C=O) groups excluding carboxylic acids is 2. The Labute approximate surface area is 217 Å². The van der Waals surface area contributed by atoms with E-state index >= 15 is 0 Å². The molecule has 0 unspecified atom stereocenters. The van der Waals surface area contributed by atoms with E-state index in [1.807, 2.05) is 24.3 Å². The predicted molar refractivity (Wildman–Crippen MR) is 138 cm³/mol. The van der Waals surface area contributed by atoms with Crippen molar-refractivity contribution in [3.05, 3.63) is 99.3 Å². The fraction of sp³-hybridized carbons (Fsp3) is 0.111. The molecule has 0 saturated heterocycles. The lowest BCUT2D eigenvalue weighted by Crippen LogP contribution is -2.25. The van der Waals surface area contributed by atoms with E-state index in [1.54, 1.807) is 25.1 Å². The van der Waals surface area contributed by atoms with Crippen molar-refractivity contribution in [3.8, 4) is 5.69 Å². The van der Waals surface area contributed by atoms with Crippen LogP contribution in [0.5, 0.6) is 0 Å². The minimum atomic E-state index is -4.56. The van der Waals surface area contributed by atoms with Gasteiger partial charge in [0.1, 0.15) is 5.00 Å². The molecule has 3 aromatic carbocycles. The Morgan fingerprint density at radius 1 is 1.03 bits per heavy atom. The number of hydrogen-bond donors (Lipinski definition) is 1. The molecule has 5 rings (SSSR count). The van der Waals surface area contributed by atoms with Gasteiger partial charge >= 0.3 is 12.1 Å². The number of rotatable bonds is 5. The Hall–Kier alpha value is -4.51. The van der Waals surface area contributed by atoms with Gasteiger partial charge in [0.2, 0.25) is 0 Å². The summed E-state index contributed by atoms with van der Waals surface area (Å²) in [5, 5.41) is 10.5. The van der Waals surface area contributed by atoms with Crippen LogP contribution >= 0.6 is 11.3 Å². The summed E-state index contributed by atoms with van der Waals surface area (Å²) in [5.74, 6) is -1.29. The van der Waals surface area contributed by atoms with Gasteiger partial charge in [-0.3, -0.25) is 9.59 Å². The van der Waals surface area contributed by atoms with Crippen molar-refractivity contribution in [2.75, 3.05) is 11.9 Å². The molecule has 2 heterocycles. The van der Waals surface area contributed by atoms with Crippen molar-refractivity contribution in [1.29, 1.82) is 0 Å². The van der Waals surface area contributed by atoms with Crippen LogP contribution in [0.4, 0.5) is 18.2 Å². The van der Waals surface area contributed by atoms with Gasteiger partial charge in [0.15, 0.2) is 5.69 Å². The lowest BCUT2D eigenvalue weighted by Gasteiger charge is -2.11. The maximum Gasteiger partial charge on any atom is 0.416 e. The summed E-state index contributed by atoms with van der Waals surface area (Å²) in [6.07, 6.45) is -4.56. The standard InChI is InChI=1S/C27H18F3N3O4S/c1-2-37-26(36)22-20-14-38-24(31-23(34)17-8-7-15-5-3-4-6-16(15)13-17)21(20)25(35)33(32-22)19-11-9-18(10-12-19)27(28,29)30/h3-14H,2H2,1H3,(H,31,34). The number of thiophene rings is 1. The number of anilines is 1. The molecular weight excluding hydrogens is 519 g/mol. The fourth-order valence-corrected chi connectivity index (χ4v) is 4.90. The number of alkyl halides is 3. The molecule has 192 valence electrons. The van der Waals surface area contributed by atoms with E-state index in [1.165, 1.54) is 5.38 Å². The molecule has 0 saturated carbocycles. The zero-order valence-electron chi connectivity index (χ0n) is 19.7. The van der Waals surface area contributed by atoms with Crippen LogP contribution < -0.4 is 10.9 Å². The van der Waals surface area contributed by atoms with E-state index in [4.69, 9.17) is 4.74 Å². The van der Waals surface area contributed by atoms with Crippen molar-refractivity contribution >= 4 is 49.8 Å². The van der Waals surface area contributed by atoms with Gasteiger partial charge in [-0.25, -0.2) is 4.79 Å². The van der Waals surface area contributed by atoms with Crippen LogP contribution in [0.3, 0.4) is 0 Å². The number of nitrogens with zero attached hydrogens (tertiary/aromatic N) is 2. The van der Waals surface area contributed by atoms with Gasteiger partial charge < -0.3 is 10.1 Å². The van der Waals surface area contributed by atoms with Gasteiger partial charge in [0.25, 0.3) is 11.5 Å². The lowest BCUT2D eigenvalue weighted by atomic mass is 10.1. The molecule has 0 fully saturated rings. The van der Waals surface area contributed by atoms with Gasteiger partial charge in [0, 0.05) is 16.3 Å². The van der Waals surface area contributed by atoms with E-state index in [-0.39, 0.29) is 33.8 Å². The van der Waals surface area contributed by atoms with E-state index in [9.17, 15) is 27.6 Å². The topological polar surface area (TPSA) is 90.3 Å². The monoisotopic (exact) mass is 537 g/mol. The predicted octanol–water partition coefficient (Wildman–Crippen LogP) is 6.05. The molecule has 11 heteroatoms. The molecule has 5 aromatic rings. The first-order chi connectivity index (χ1) is 18.2. The van der Waals surface area contributed by atoms with E-state index in [2.05, 4.69) is 10.4 Å². The maximum absolute atomic E-state index is 13.5. The lowest BCUT2D eigenvalue weighted by molar-refractivity contribution is -0.137. The molecule has 0 bridgehead atoms. The van der Waals surface area contributed by atoms with Gasteiger partial charge in [-0.1, -0.05) is 30.3 Å². The van der Waals surface area contributed by atoms with Crippen molar-refractivity contribution in [1.82, 2.24) is 9.78 Å². The number of hydrogen-bond acceptors (Lipinski definition) is 6. The van der Waals surface area contributed by atoms with Crippen LogP contribution in [0.2, 0.25) is 0 Å². The van der Waals surface area contributed by atoms with Gasteiger partial charge in [-0.05, 0) is 54.1 Å². The second-order valence-corrected chi connectivity index (χ2v) is 9.08. The normalized spacial score (nSPS) is 11.6. The Balaban J connectivity index is 1.61. The summed E-state index contributed by atoms with van der Waals surface area (Å²) in [6, 6.07) is 16.5. The molecule has 38 heavy (non-hydrogen) atoms. The van der Waals surface area contributed by atoms with Crippen LogP contribution in [0.15, 0.2) is 76.9 Å². The Morgan fingerprint density at radius 3 is 2.42 bits per heavy atom. The number of amides is 1. The Morgan fingerprint density at radius 2 is 1.74 bits per heavy atom. The highest BCUT2D eigenvalue weighted by molar-refractivity contribution is 7.16. The number of esters is 1. The minimum absolute atomic E-state index is 0.00783. The van der Waals surface area contributed by atoms with Crippen molar-refractivity contribution in [2.45, 2.75) is 13.1 Å². The van der Waals surface area contributed by atoms with Crippen molar-refractivity contribution in [3.63, 3.8) is 0 Å². The summed E-state index contributed by atoms with van der Waals surface area (Å²) < 4.78 is 45.0. The Bertz CT molecular complexity index is 1760. The SMILES string of the molecule is CCOC(=O)c1nn(-c2ccc(C(F)(F)F)cc2)c(=O)c2c(NC(=O)c3ccc4ccccc4c3)scc12. The van der Waals surface area contributed by atoms with Crippen molar-refractivity contribution in [2.24, 2.45) is 0 Å². The third-order valence-electron chi connectivity index (χ3n) is 5.80. The Kier molecular flexibility index (Phi) is 6.45. The molecule has 0 atom stereocenters. The van der Waals surface area contributed by atoms with E-state index < -0.39 is 29.2 Å². The number of aromatic nitrogens is 2. The highest BCUT2D eigenvalue weighted by atomic mass is 32.1.